The summed E-state index contributed by atoms with van der Waals surface area (Å²) in [6.45, 7) is 3.56. The van der Waals surface area contributed by atoms with E-state index < -0.39 is 0 Å². The Morgan fingerprint density at radius 2 is 1.44 bits per heavy atom. The first kappa shape index (κ1) is 25.2. The van der Waals surface area contributed by atoms with E-state index in [9.17, 15) is 0 Å². The lowest BCUT2D eigenvalue weighted by atomic mass is 10.0. The fourth-order valence-electron chi connectivity index (χ4n) is 5.04. The quantitative estimate of drug-likeness (QED) is 0.187. The molecule has 0 bridgehead atoms. The van der Waals surface area contributed by atoms with Crippen molar-refractivity contribution >= 4 is 0 Å². The van der Waals surface area contributed by atoms with E-state index in [2.05, 4.69) is 73.8 Å². The first-order valence-electron chi connectivity index (χ1n) is 13.6. The highest BCUT2D eigenvalue weighted by Gasteiger charge is 2.20. The number of ether oxygens (including phenoxy) is 1. The number of aromatic amines is 2. The zero-order valence-corrected chi connectivity index (χ0v) is 22.1. The molecule has 7 heteroatoms. The Balaban J connectivity index is 1.09. The van der Waals surface area contributed by atoms with Crippen molar-refractivity contribution in [2.24, 2.45) is 5.73 Å². The van der Waals surface area contributed by atoms with Crippen LogP contribution in [-0.2, 0) is 11.3 Å². The molecule has 39 heavy (non-hydrogen) atoms. The van der Waals surface area contributed by atoms with Crippen LogP contribution in [0.3, 0.4) is 0 Å². The molecule has 0 saturated carbocycles. The highest BCUT2D eigenvalue weighted by molar-refractivity contribution is 5.71. The Labute approximate surface area is 228 Å². The lowest BCUT2D eigenvalue weighted by Gasteiger charge is -2.18. The maximum Gasteiger partial charge on any atom is 0.126 e. The minimum absolute atomic E-state index is 0.178. The van der Waals surface area contributed by atoms with Crippen LogP contribution in [0.2, 0.25) is 0 Å². The lowest BCUT2D eigenvalue weighted by molar-refractivity contribution is 0.0341. The van der Waals surface area contributed by atoms with Crippen molar-refractivity contribution in [3.8, 4) is 33.6 Å². The highest BCUT2D eigenvalue weighted by atomic mass is 16.5. The molecule has 1 saturated heterocycles. The van der Waals surface area contributed by atoms with Crippen LogP contribution in [0.25, 0.3) is 33.6 Å². The molecule has 1 aliphatic rings. The molecule has 3 atom stereocenters. The zero-order valence-electron chi connectivity index (χ0n) is 22.1. The smallest absolute Gasteiger partial charge is 0.126 e. The van der Waals surface area contributed by atoms with Crippen LogP contribution in [0.15, 0.2) is 91.3 Å². The number of H-pyrrole nitrogens is 2. The molecule has 0 spiro atoms. The summed E-state index contributed by atoms with van der Waals surface area (Å²) in [4.78, 5) is 16.0. The van der Waals surface area contributed by atoms with Crippen molar-refractivity contribution in [2.75, 3.05) is 6.54 Å². The van der Waals surface area contributed by atoms with Gasteiger partial charge in [-0.25, -0.2) is 9.97 Å². The van der Waals surface area contributed by atoms with Crippen LogP contribution in [0.4, 0.5) is 0 Å². The van der Waals surface area contributed by atoms with E-state index in [1.54, 1.807) is 0 Å². The normalized spacial score (nSPS) is 16.8. The molecule has 5 aromatic rings. The molecule has 1 fully saturated rings. The fraction of sp³-hybridized carbons (Fsp3) is 0.250. The predicted molar refractivity (Wildman–Crippen MR) is 155 cm³/mol. The third-order valence-corrected chi connectivity index (χ3v) is 7.48. The number of hydrogen-bond donors (Lipinski definition) is 4. The molecule has 0 unspecified atom stereocenters. The Morgan fingerprint density at radius 1 is 0.821 bits per heavy atom. The SMILES string of the molecule is C[C@H](OCc1ccccc1)[C@H](N)c1ncc(-c2ccc(-c3ccc(-c4cnc([C@@H]5CCCN5)[nH]4)cc3)cc2)[nH]1. The van der Waals surface area contributed by atoms with E-state index in [1.807, 2.05) is 49.6 Å². The van der Waals surface area contributed by atoms with Crippen LogP contribution in [0.5, 0.6) is 0 Å². The van der Waals surface area contributed by atoms with Crippen LogP contribution < -0.4 is 11.1 Å². The standard InChI is InChI=1S/C32H34N6O/c1-21(39-20-22-6-3-2-4-7-22)30(33)32-36-19-29(38-32)26-15-11-24(12-16-26)23-9-13-25(14-10-23)28-18-35-31(37-28)27-8-5-17-34-27/h2-4,6-7,9-16,18-19,21,27,30,34H,5,8,17,20,33H2,1H3,(H,35,37)(H,36,38)/t21-,27-,30-/m0/s1. The Morgan fingerprint density at radius 3 is 2.08 bits per heavy atom. The molecule has 5 N–H and O–H groups in total. The summed E-state index contributed by atoms with van der Waals surface area (Å²) in [5, 5.41) is 3.50. The molecule has 2 aromatic heterocycles. The van der Waals surface area contributed by atoms with Gasteiger partial charge in [0.1, 0.15) is 11.6 Å². The number of aromatic nitrogens is 4. The third kappa shape index (κ3) is 5.71. The molecule has 198 valence electrons. The molecule has 6 rings (SSSR count). The second-order valence-corrected chi connectivity index (χ2v) is 10.2. The van der Waals surface area contributed by atoms with E-state index in [0.717, 1.165) is 58.3 Å². The van der Waals surface area contributed by atoms with Gasteiger partial charge >= 0.3 is 0 Å². The minimum atomic E-state index is -0.347. The van der Waals surface area contributed by atoms with Gasteiger partial charge in [0.05, 0.1) is 48.6 Å². The molecule has 0 radical (unpaired) electrons. The largest absolute Gasteiger partial charge is 0.372 e. The van der Waals surface area contributed by atoms with Crippen LogP contribution in [0.1, 0.15) is 49.1 Å². The van der Waals surface area contributed by atoms with Gasteiger partial charge in [-0.1, -0.05) is 78.9 Å². The molecule has 0 amide bonds. The van der Waals surface area contributed by atoms with Gasteiger partial charge in [0.2, 0.25) is 0 Å². The van der Waals surface area contributed by atoms with Crippen LogP contribution in [0, 0.1) is 0 Å². The summed E-state index contributed by atoms with van der Waals surface area (Å²) in [6.07, 6.45) is 5.92. The van der Waals surface area contributed by atoms with Crippen molar-refractivity contribution < 1.29 is 4.74 Å². The number of nitrogens with zero attached hydrogens (tertiary/aromatic N) is 2. The van der Waals surface area contributed by atoms with E-state index in [0.29, 0.717) is 12.6 Å². The minimum Gasteiger partial charge on any atom is -0.372 e. The number of imidazole rings is 2. The topological polar surface area (TPSA) is 105 Å². The summed E-state index contributed by atoms with van der Waals surface area (Å²) in [5.74, 6) is 1.75. The van der Waals surface area contributed by atoms with E-state index >= 15 is 0 Å². The Bertz CT molecular complexity index is 1480. The van der Waals surface area contributed by atoms with Gasteiger partial charge in [-0.3, -0.25) is 0 Å². The van der Waals surface area contributed by atoms with Gasteiger partial charge in [0.25, 0.3) is 0 Å². The van der Waals surface area contributed by atoms with Crippen LogP contribution >= 0.6 is 0 Å². The monoisotopic (exact) mass is 518 g/mol. The van der Waals surface area contributed by atoms with E-state index in [-0.39, 0.29) is 12.1 Å². The maximum absolute atomic E-state index is 6.45. The van der Waals surface area contributed by atoms with Crippen molar-refractivity contribution in [2.45, 2.75) is 44.6 Å². The van der Waals surface area contributed by atoms with Gasteiger partial charge < -0.3 is 25.8 Å². The fourth-order valence-corrected chi connectivity index (χ4v) is 5.04. The maximum atomic E-state index is 6.45. The first-order valence-corrected chi connectivity index (χ1v) is 13.6. The highest BCUT2D eigenvalue weighted by Crippen LogP contribution is 2.28. The van der Waals surface area contributed by atoms with Crippen molar-refractivity contribution in [1.82, 2.24) is 25.3 Å². The average molecular weight is 519 g/mol. The summed E-state index contributed by atoms with van der Waals surface area (Å²) >= 11 is 0. The number of nitrogens with one attached hydrogen (secondary N) is 3. The summed E-state index contributed by atoms with van der Waals surface area (Å²) in [7, 11) is 0. The average Bonchev–Trinajstić information content (AvgIpc) is 3.78. The number of benzene rings is 3. The molecule has 1 aliphatic heterocycles. The second kappa shape index (κ2) is 11.4. The van der Waals surface area contributed by atoms with Gasteiger partial charge in [-0.2, -0.15) is 0 Å². The molecule has 3 heterocycles. The van der Waals surface area contributed by atoms with Crippen molar-refractivity contribution in [3.63, 3.8) is 0 Å². The Hall–Kier alpha value is -4.04. The molecule has 3 aromatic carbocycles. The van der Waals surface area contributed by atoms with Gasteiger partial charge in [0.15, 0.2) is 0 Å². The number of nitrogens with two attached hydrogens (primary N) is 1. The van der Waals surface area contributed by atoms with E-state index in [4.69, 9.17) is 10.5 Å². The lowest BCUT2D eigenvalue weighted by Crippen LogP contribution is -2.27. The molecular weight excluding hydrogens is 484 g/mol. The second-order valence-electron chi connectivity index (χ2n) is 10.2. The van der Waals surface area contributed by atoms with Crippen LogP contribution in [-0.4, -0.2) is 32.6 Å². The molecule has 0 aliphatic carbocycles. The van der Waals surface area contributed by atoms with Crippen molar-refractivity contribution in [3.05, 3.63) is 108 Å². The summed E-state index contributed by atoms with van der Waals surface area (Å²) in [5.41, 5.74) is 14.1. The zero-order chi connectivity index (χ0) is 26.6. The first-order chi connectivity index (χ1) is 19.1. The Kier molecular flexibility index (Phi) is 7.36. The number of hydrogen-bond acceptors (Lipinski definition) is 5. The van der Waals surface area contributed by atoms with E-state index in [1.165, 1.54) is 12.0 Å². The summed E-state index contributed by atoms with van der Waals surface area (Å²) < 4.78 is 5.99. The van der Waals surface area contributed by atoms with Crippen molar-refractivity contribution in [1.29, 1.82) is 0 Å². The van der Waals surface area contributed by atoms with Gasteiger partial charge in [-0.05, 0) is 54.1 Å². The predicted octanol–water partition coefficient (Wildman–Crippen LogP) is 6.16. The third-order valence-electron chi connectivity index (χ3n) is 7.48. The molecular formula is C32H34N6O. The van der Waals surface area contributed by atoms with Gasteiger partial charge in [-0.15, -0.1) is 0 Å². The number of rotatable bonds is 9. The van der Waals surface area contributed by atoms with Gasteiger partial charge in [0, 0.05) is 0 Å². The molecule has 7 nitrogen and oxygen atoms in total. The summed E-state index contributed by atoms with van der Waals surface area (Å²) in [6, 6.07) is 27.2.